The minimum atomic E-state index is -0.930. The first-order valence-corrected chi connectivity index (χ1v) is 10.6. The van der Waals surface area contributed by atoms with Crippen LogP contribution in [0.2, 0.25) is 0 Å². The molecule has 30 heavy (non-hydrogen) atoms. The smallest absolute Gasteiger partial charge is 0.340 e. The van der Waals surface area contributed by atoms with Crippen LogP contribution in [-0.2, 0) is 21.2 Å². The van der Waals surface area contributed by atoms with Crippen molar-refractivity contribution in [2.75, 3.05) is 0 Å². The van der Waals surface area contributed by atoms with E-state index >= 15 is 0 Å². The first-order chi connectivity index (χ1) is 14.0. The van der Waals surface area contributed by atoms with Crippen molar-refractivity contribution in [3.8, 4) is 0 Å². The standard InChI is InChI=1S/C28H30O2/c1-26(2,3)19-11-15-21(16-12-19)28(22-17-13-20(14-18-22)27(4,5)6)24-10-8-7-9-23(24)25(29)30-28/h7-18H,1-6H3. The van der Waals surface area contributed by atoms with Crippen LogP contribution in [0.3, 0.4) is 0 Å². The SMILES string of the molecule is CC(C)(C)c1ccc(C2(c3ccc(C(C)(C)C)cc3)OC(=O)c3ccccc32)cc1. The van der Waals surface area contributed by atoms with E-state index in [2.05, 4.69) is 90.1 Å². The molecule has 0 bridgehead atoms. The van der Waals surface area contributed by atoms with Crippen LogP contribution in [0.15, 0.2) is 72.8 Å². The molecule has 0 fully saturated rings. The van der Waals surface area contributed by atoms with E-state index in [-0.39, 0.29) is 16.8 Å². The third-order valence-electron chi connectivity index (χ3n) is 6.09. The van der Waals surface area contributed by atoms with E-state index in [1.165, 1.54) is 11.1 Å². The molecule has 2 nitrogen and oxygen atoms in total. The summed E-state index contributed by atoms with van der Waals surface area (Å²) in [4.78, 5) is 12.9. The number of fused-ring (bicyclic) bond motifs is 1. The van der Waals surface area contributed by atoms with Gasteiger partial charge in [0.2, 0.25) is 0 Å². The molecule has 0 radical (unpaired) electrons. The highest BCUT2D eigenvalue weighted by Gasteiger charge is 2.48. The van der Waals surface area contributed by atoms with Crippen LogP contribution in [0, 0.1) is 0 Å². The number of carbonyl (C=O) groups is 1. The van der Waals surface area contributed by atoms with E-state index in [9.17, 15) is 4.79 Å². The van der Waals surface area contributed by atoms with Gasteiger partial charge in [0.25, 0.3) is 0 Å². The molecular formula is C28H30O2. The van der Waals surface area contributed by atoms with Gasteiger partial charge in [-0.3, -0.25) is 0 Å². The zero-order valence-corrected chi connectivity index (χ0v) is 18.7. The number of esters is 1. The van der Waals surface area contributed by atoms with Crippen molar-refractivity contribution < 1.29 is 9.53 Å². The summed E-state index contributed by atoms with van der Waals surface area (Å²) in [5.41, 5.74) is 5.17. The number of benzene rings is 3. The molecule has 0 atom stereocenters. The van der Waals surface area contributed by atoms with Crippen molar-refractivity contribution in [1.82, 2.24) is 0 Å². The van der Waals surface area contributed by atoms with Gasteiger partial charge in [-0.25, -0.2) is 4.79 Å². The third-order valence-corrected chi connectivity index (χ3v) is 6.09. The summed E-state index contributed by atoms with van der Waals surface area (Å²) >= 11 is 0. The van der Waals surface area contributed by atoms with Crippen molar-refractivity contribution >= 4 is 5.97 Å². The first kappa shape index (κ1) is 20.4. The average molecular weight is 399 g/mol. The number of carbonyl (C=O) groups excluding carboxylic acids is 1. The molecule has 0 aromatic heterocycles. The molecular weight excluding hydrogens is 368 g/mol. The summed E-state index contributed by atoms with van der Waals surface area (Å²) in [5.74, 6) is -0.273. The van der Waals surface area contributed by atoms with E-state index in [1.54, 1.807) is 0 Å². The number of rotatable bonds is 2. The van der Waals surface area contributed by atoms with Gasteiger partial charge in [-0.05, 0) is 28.0 Å². The molecule has 1 aliphatic rings. The molecule has 1 heterocycles. The van der Waals surface area contributed by atoms with Gasteiger partial charge in [0, 0.05) is 16.7 Å². The summed E-state index contributed by atoms with van der Waals surface area (Å²) < 4.78 is 6.20. The number of hydrogen-bond acceptors (Lipinski definition) is 2. The highest BCUT2D eigenvalue weighted by atomic mass is 16.6. The largest absolute Gasteiger partial charge is 0.441 e. The molecule has 3 aromatic carbocycles. The van der Waals surface area contributed by atoms with E-state index in [4.69, 9.17) is 4.74 Å². The zero-order valence-electron chi connectivity index (χ0n) is 18.7. The van der Waals surface area contributed by atoms with Crippen molar-refractivity contribution in [2.24, 2.45) is 0 Å². The summed E-state index contributed by atoms with van der Waals surface area (Å²) in [6.07, 6.45) is 0. The summed E-state index contributed by atoms with van der Waals surface area (Å²) in [6.45, 7) is 13.2. The summed E-state index contributed by atoms with van der Waals surface area (Å²) in [6, 6.07) is 24.7. The normalized spacial score (nSPS) is 15.6. The summed E-state index contributed by atoms with van der Waals surface area (Å²) in [5, 5.41) is 0. The Labute approximate surface area is 179 Å². The lowest BCUT2D eigenvalue weighted by molar-refractivity contribution is 0.0251. The predicted molar refractivity (Wildman–Crippen MR) is 122 cm³/mol. The zero-order chi connectivity index (χ0) is 21.7. The number of cyclic esters (lactones) is 1. The lowest BCUT2D eigenvalue weighted by Gasteiger charge is -2.31. The van der Waals surface area contributed by atoms with Crippen LogP contribution < -0.4 is 0 Å². The third kappa shape index (κ3) is 3.25. The van der Waals surface area contributed by atoms with Crippen molar-refractivity contribution in [3.63, 3.8) is 0 Å². The summed E-state index contributed by atoms with van der Waals surface area (Å²) in [7, 11) is 0. The molecule has 0 spiro atoms. The minimum absolute atomic E-state index is 0.0598. The number of hydrogen-bond donors (Lipinski definition) is 0. The monoisotopic (exact) mass is 398 g/mol. The van der Waals surface area contributed by atoms with Crippen LogP contribution in [0.25, 0.3) is 0 Å². The fourth-order valence-electron chi connectivity index (χ4n) is 4.22. The van der Waals surface area contributed by atoms with E-state index in [0.717, 1.165) is 16.7 Å². The molecule has 3 aromatic rings. The van der Waals surface area contributed by atoms with Gasteiger partial charge < -0.3 is 4.74 Å². The Bertz CT molecular complexity index is 1020. The maximum Gasteiger partial charge on any atom is 0.340 e. The lowest BCUT2D eigenvalue weighted by Crippen LogP contribution is -2.30. The Morgan fingerprint density at radius 2 is 1.07 bits per heavy atom. The van der Waals surface area contributed by atoms with Gasteiger partial charge in [0.15, 0.2) is 5.60 Å². The molecule has 0 unspecified atom stereocenters. The number of ether oxygens (including phenoxy) is 1. The highest BCUT2D eigenvalue weighted by Crippen LogP contribution is 2.47. The molecule has 0 saturated heterocycles. The molecule has 0 saturated carbocycles. The molecule has 154 valence electrons. The topological polar surface area (TPSA) is 26.3 Å². The van der Waals surface area contributed by atoms with Gasteiger partial charge in [-0.15, -0.1) is 0 Å². The van der Waals surface area contributed by atoms with Crippen molar-refractivity contribution in [1.29, 1.82) is 0 Å². The molecule has 1 aliphatic heterocycles. The molecule has 0 N–H and O–H groups in total. The van der Waals surface area contributed by atoms with Gasteiger partial charge in [-0.2, -0.15) is 0 Å². The van der Waals surface area contributed by atoms with Crippen molar-refractivity contribution in [2.45, 2.75) is 58.0 Å². The Morgan fingerprint density at radius 3 is 1.50 bits per heavy atom. The fraction of sp³-hybridized carbons (Fsp3) is 0.321. The van der Waals surface area contributed by atoms with Crippen LogP contribution in [-0.4, -0.2) is 5.97 Å². The maximum atomic E-state index is 12.9. The van der Waals surface area contributed by atoms with Crippen LogP contribution in [0.5, 0.6) is 0 Å². The van der Waals surface area contributed by atoms with E-state index < -0.39 is 5.60 Å². The Hall–Kier alpha value is -2.87. The van der Waals surface area contributed by atoms with Crippen LogP contribution in [0.4, 0.5) is 0 Å². The second-order valence-corrected chi connectivity index (χ2v) is 10.3. The first-order valence-electron chi connectivity index (χ1n) is 10.6. The second kappa shape index (κ2) is 6.84. The Balaban J connectivity index is 1.93. The Morgan fingerprint density at radius 1 is 0.633 bits per heavy atom. The average Bonchev–Trinajstić information content (AvgIpc) is 3.01. The van der Waals surface area contributed by atoms with Gasteiger partial charge in [0.1, 0.15) is 0 Å². The van der Waals surface area contributed by atoms with Gasteiger partial charge in [0.05, 0.1) is 5.56 Å². The lowest BCUT2D eigenvalue weighted by atomic mass is 9.77. The van der Waals surface area contributed by atoms with Gasteiger partial charge >= 0.3 is 5.97 Å². The second-order valence-electron chi connectivity index (χ2n) is 10.3. The van der Waals surface area contributed by atoms with Crippen LogP contribution in [0.1, 0.15) is 79.7 Å². The highest BCUT2D eigenvalue weighted by molar-refractivity contribution is 5.96. The van der Waals surface area contributed by atoms with Crippen molar-refractivity contribution in [3.05, 3.63) is 106 Å². The molecule has 4 rings (SSSR count). The van der Waals surface area contributed by atoms with Gasteiger partial charge in [-0.1, -0.05) is 108 Å². The Kier molecular flexibility index (Phi) is 4.65. The predicted octanol–water partition coefficient (Wildman–Crippen LogP) is 6.74. The molecule has 2 heteroatoms. The fourth-order valence-corrected chi connectivity index (χ4v) is 4.22. The van der Waals surface area contributed by atoms with Crippen LogP contribution >= 0.6 is 0 Å². The maximum absolute atomic E-state index is 12.9. The molecule has 0 aliphatic carbocycles. The quantitative estimate of drug-likeness (QED) is 0.447. The molecule has 0 amide bonds. The van der Waals surface area contributed by atoms with E-state index in [0.29, 0.717) is 5.56 Å². The minimum Gasteiger partial charge on any atom is -0.441 e. The van der Waals surface area contributed by atoms with E-state index in [1.807, 2.05) is 24.3 Å².